The normalized spacial score (nSPS) is 20.2. The number of hydrogen-bond donors (Lipinski definition) is 1. The Morgan fingerprint density at radius 3 is 2.75 bits per heavy atom. The summed E-state index contributed by atoms with van der Waals surface area (Å²) in [6, 6.07) is 5.77. The predicted molar refractivity (Wildman–Crippen MR) is 69.5 cm³/mol. The molecular formula is C13H19ClN2. The van der Waals surface area contributed by atoms with E-state index in [9.17, 15) is 0 Å². The van der Waals surface area contributed by atoms with Gasteiger partial charge >= 0.3 is 0 Å². The van der Waals surface area contributed by atoms with E-state index in [1.54, 1.807) is 0 Å². The Bertz CT molecular complexity index is 388. The lowest BCUT2D eigenvalue weighted by atomic mass is 9.93. The van der Waals surface area contributed by atoms with Gasteiger partial charge in [0, 0.05) is 23.8 Å². The molecule has 0 aliphatic carbocycles. The second-order valence-corrected chi connectivity index (χ2v) is 5.90. The lowest BCUT2D eigenvalue weighted by molar-refractivity contribution is 0.285. The number of hydrogen-bond acceptors (Lipinski definition) is 2. The molecule has 88 valence electrons. The molecule has 0 atom stereocenters. The summed E-state index contributed by atoms with van der Waals surface area (Å²) in [7, 11) is 0. The van der Waals surface area contributed by atoms with Gasteiger partial charge in [0.15, 0.2) is 0 Å². The molecule has 1 heterocycles. The Hall–Kier alpha value is -0.730. The Balaban J connectivity index is 2.05. The first kappa shape index (κ1) is 11.7. The van der Waals surface area contributed by atoms with Crippen LogP contribution in [0.3, 0.4) is 0 Å². The van der Waals surface area contributed by atoms with Crippen molar-refractivity contribution in [3.05, 3.63) is 28.8 Å². The number of nitrogens with two attached hydrogens (primary N) is 1. The Kier molecular flexibility index (Phi) is 3.13. The van der Waals surface area contributed by atoms with Crippen molar-refractivity contribution in [1.82, 2.24) is 4.90 Å². The van der Waals surface area contributed by atoms with Crippen molar-refractivity contribution in [3.63, 3.8) is 0 Å². The lowest BCUT2D eigenvalue weighted by Gasteiger charge is -2.20. The predicted octanol–water partition coefficient (Wildman–Crippen LogP) is 3.15. The van der Waals surface area contributed by atoms with Crippen LogP contribution in [0.5, 0.6) is 0 Å². The summed E-state index contributed by atoms with van der Waals surface area (Å²) in [6.45, 7) is 7.88. The smallest absolute Gasteiger partial charge is 0.0426 e. The number of nitrogens with zero attached hydrogens (tertiary/aromatic N) is 1. The minimum absolute atomic E-state index is 0.446. The molecule has 0 saturated carbocycles. The van der Waals surface area contributed by atoms with E-state index in [4.69, 9.17) is 17.3 Å². The molecule has 0 amide bonds. The molecule has 0 unspecified atom stereocenters. The molecule has 3 heteroatoms. The summed E-state index contributed by atoms with van der Waals surface area (Å²) in [4.78, 5) is 2.46. The maximum atomic E-state index is 5.96. The van der Waals surface area contributed by atoms with Gasteiger partial charge in [0.1, 0.15) is 0 Å². The first-order chi connectivity index (χ1) is 7.46. The van der Waals surface area contributed by atoms with Crippen LogP contribution in [0.2, 0.25) is 5.02 Å². The van der Waals surface area contributed by atoms with E-state index in [1.165, 1.54) is 12.0 Å². The van der Waals surface area contributed by atoms with Crippen LogP contribution in [-0.2, 0) is 6.54 Å². The van der Waals surface area contributed by atoms with Crippen LogP contribution in [0.4, 0.5) is 5.69 Å². The van der Waals surface area contributed by atoms with Crippen LogP contribution in [0.25, 0.3) is 0 Å². The van der Waals surface area contributed by atoms with Crippen LogP contribution in [0, 0.1) is 5.41 Å². The minimum Gasteiger partial charge on any atom is -0.398 e. The standard InChI is InChI=1S/C13H19ClN2/c1-13(2)5-6-16(9-13)8-10-3-4-11(14)7-12(10)15/h3-4,7H,5-6,8-9,15H2,1-2H3. The van der Waals surface area contributed by atoms with Crippen LogP contribution >= 0.6 is 11.6 Å². The zero-order valence-electron chi connectivity index (χ0n) is 9.96. The van der Waals surface area contributed by atoms with Gasteiger partial charge in [-0.15, -0.1) is 0 Å². The molecule has 2 rings (SSSR count). The third-order valence-corrected chi connectivity index (χ3v) is 3.49. The largest absolute Gasteiger partial charge is 0.398 e. The van der Waals surface area contributed by atoms with Gasteiger partial charge in [-0.2, -0.15) is 0 Å². The Morgan fingerprint density at radius 1 is 1.44 bits per heavy atom. The third kappa shape index (κ3) is 2.69. The molecule has 16 heavy (non-hydrogen) atoms. The van der Waals surface area contributed by atoms with Crippen LogP contribution in [0.1, 0.15) is 25.8 Å². The molecule has 2 N–H and O–H groups in total. The van der Waals surface area contributed by atoms with Crippen molar-refractivity contribution < 1.29 is 0 Å². The molecule has 1 aromatic carbocycles. The van der Waals surface area contributed by atoms with E-state index >= 15 is 0 Å². The topological polar surface area (TPSA) is 29.3 Å². The molecule has 1 saturated heterocycles. The molecule has 2 nitrogen and oxygen atoms in total. The van der Waals surface area contributed by atoms with E-state index in [0.717, 1.165) is 25.3 Å². The molecule has 0 aromatic heterocycles. The van der Waals surface area contributed by atoms with Crippen molar-refractivity contribution in [2.75, 3.05) is 18.8 Å². The fourth-order valence-electron chi connectivity index (χ4n) is 2.31. The van der Waals surface area contributed by atoms with Crippen LogP contribution in [-0.4, -0.2) is 18.0 Å². The monoisotopic (exact) mass is 238 g/mol. The first-order valence-electron chi connectivity index (χ1n) is 5.73. The number of halogens is 1. The highest BCUT2D eigenvalue weighted by molar-refractivity contribution is 6.30. The van der Waals surface area contributed by atoms with Gasteiger partial charge in [-0.1, -0.05) is 31.5 Å². The Labute approximate surface area is 102 Å². The number of rotatable bonds is 2. The number of benzene rings is 1. The highest BCUT2D eigenvalue weighted by atomic mass is 35.5. The van der Waals surface area contributed by atoms with E-state index in [-0.39, 0.29) is 0 Å². The second-order valence-electron chi connectivity index (χ2n) is 5.47. The maximum absolute atomic E-state index is 5.96. The summed E-state index contributed by atoms with van der Waals surface area (Å²) in [6.07, 6.45) is 1.26. The third-order valence-electron chi connectivity index (χ3n) is 3.26. The van der Waals surface area contributed by atoms with E-state index in [1.807, 2.05) is 18.2 Å². The van der Waals surface area contributed by atoms with Gasteiger partial charge in [-0.05, 0) is 36.1 Å². The molecular weight excluding hydrogens is 220 g/mol. The maximum Gasteiger partial charge on any atom is 0.0426 e. The summed E-state index contributed by atoms with van der Waals surface area (Å²) in [5.74, 6) is 0. The summed E-state index contributed by atoms with van der Waals surface area (Å²) in [5.41, 5.74) is 8.39. The van der Waals surface area contributed by atoms with Gasteiger partial charge in [0.25, 0.3) is 0 Å². The van der Waals surface area contributed by atoms with Crippen LogP contribution < -0.4 is 5.73 Å². The summed E-state index contributed by atoms with van der Waals surface area (Å²) in [5, 5.41) is 0.711. The first-order valence-corrected chi connectivity index (χ1v) is 6.10. The summed E-state index contributed by atoms with van der Waals surface area (Å²) < 4.78 is 0. The molecule has 1 aliphatic heterocycles. The van der Waals surface area contributed by atoms with Gasteiger partial charge in [-0.25, -0.2) is 0 Å². The molecule has 0 radical (unpaired) electrons. The van der Waals surface area contributed by atoms with Crippen molar-refractivity contribution in [3.8, 4) is 0 Å². The number of likely N-dealkylation sites (tertiary alicyclic amines) is 1. The lowest BCUT2D eigenvalue weighted by Crippen LogP contribution is -2.23. The minimum atomic E-state index is 0.446. The quantitative estimate of drug-likeness (QED) is 0.802. The number of nitrogen functional groups attached to an aromatic ring is 1. The Morgan fingerprint density at radius 2 is 2.19 bits per heavy atom. The van der Waals surface area contributed by atoms with Gasteiger partial charge in [-0.3, -0.25) is 4.90 Å². The highest BCUT2D eigenvalue weighted by Crippen LogP contribution is 2.30. The molecule has 0 spiro atoms. The SMILES string of the molecule is CC1(C)CCN(Cc2ccc(Cl)cc2N)C1. The van der Waals surface area contributed by atoms with Crippen molar-refractivity contribution in [2.24, 2.45) is 5.41 Å². The van der Waals surface area contributed by atoms with Crippen LogP contribution in [0.15, 0.2) is 18.2 Å². The van der Waals surface area contributed by atoms with Crippen molar-refractivity contribution >= 4 is 17.3 Å². The van der Waals surface area contributed by atoms with E-state index in [2.05, 4.69) is 18.7 Å². The second kappa shape index (κ2) is 4.27. The van der Waals surface area contributed by atoms with Gasteiger partial charge < -0.3 is 5.73 Å². The van der Waals surface area contributed by atoms with Crippen molar-refractivity contribution in [2.45, 2.75) is 26.8 Å². The molecule has 1 fully saturated rings. The molecule has 0 bridgehead atoms. The van der Waals surface area contributed by atoms with Gasteiger partial charge in [0.2, 0.25) is 0 Å². The zero-order valence-corrected chi connectivity index (χ0v) is 10.7. The fourth-order valence-corrected chi connectivity index (χ4v) is 2.49. The van der Waals surface area contributed by atoms with E-state index in [0.29, 0.717) is 10.4 Å². The average molecular weight is 239 g/mol. The average Bonchev–Trinajstić information content (AvgIpc) is 2.51. The molecule has 1 aromatic rings. The van der Waals surface area contributed by atoms with Gasteiger partial charge in [0.05, 0.1) is 0 Å². The van der Waals surface area contributed by atoms with Crippen molar-refractivity contribution in [1.29, 1.82) is 0 Å². The highest BCUT2D eigenvalue weighted by Gasteiger charge is 2.29. The van der Waals surface area contributed by atoms with E-state index < -0.39 is 0 Å². The fraction of sp³-hybridized carbons (Fsp3) is 0.538. The number of anilines is 1. The zero-order chi connectivity index (χ0) is 11.8. The summed E-state index contributed by atoms with van der Waals surface area (Å²) >= 11 is 5.89. The molecule has 1 aliphatic rings.